The summed E-state index contributed by atoms with van der Waals surface area (Å²) < 4.78 is 28.4. The quantitative estimate of drug-likeness (QED) is 0.790. The molecule has 1 heterocycles. The van der Waals surface area contributed by atoms with E-state index in [-0.39, 0.29) is 0 Å². The maximum atomic E-state index is 13.5. The molecule has 20 heavy (non-hydrogen) atoms. The summed E-state index contributed by atoms with van der Waals surface area (Å²) in [6.45, 7) is 4.28. The van der Waals surface area contributed by atoms with Crippen LogP contribution in [0.3, 0.4) is 0 Å². The molecule has 0 aliphatic carbocycles. The fourth-order valence-electron chi connectivity index (χ4n) is 2.00. The second-order valence-corrected chi connectivity index (χ2v) is 4.77. The normalized spacial score (nSPS) is 10.9. The summed E-state index contributed by atoms with van der Waals surface area (Å²) in [6.07, 6.45) is 5.46. The maximum Gasteiger partial charge on any atom is 0.128 e. The number of benzene rings is 1. The second-order valence-electron chi connectivity index (χ2n) is 4.77. The SMILES string of the molecule is CCCNCCc1cn(Cc2cc(F)ccc2F)cn1. The van der Waals surface area contributed by atoms with Gasteiger partial charge in [-0.15, -0.1) is 0 Å². The van der Waals surface area contributed by atoms with Crippen LogP contribution in [0.2, 0.25) is 0 Å². The third-order valence-electron chi connectivity index (χ3n) is 3.03. The zero-order chi connectivity index (χ0) is 14.4. The predicted molar refractivity (Wildman–Crippen MR) is 74.6 cm³/mol. The van der Waals surface area contributed by atoms with Crippen molar-refractivity contribution in [3.05, 3.63) is 53.6 Å². The third-order valence-corrected chi connectivity index (χ3v) is 3.03. The van der Waals surface area contributed by atoms with Gasteiger partial charge in [-0.2, -0.15) is 0 Å². The van der Waals surface area contributed by atoms with E-state index in [1.807, 2.05) is 6.20 Å². The summed E-state index contributed by atoms with van der Waals surface area (Å²) in [7, 11) is 0. The van der Waals surface area contributed by atoms with E-state index in [0.29, 0.717) is 12.1 Å². The molecule has 2 aromatic rings. The lowest BCUT2D eigenvalue weighted by Crippen LogP contribution is -2.17. The van der Waals surface area contributed by atoms with Gasteiger partial charge < -0.3 is 9.88 Å². The van der Waals surface area contributed by atoms with Crippen LogP contribution < -0.4 is 5.32 Å². The molecule has 1 aromatic heterocycles. The molecule has 0 bridgehead atoms. The highest BCUT2D eigenvalue weighted by molar-refractivity contribution is 5.19. The van der Waals surface area contributed by atoms with Gasteiger partial charge in [-0.3, -0.25) is 0 Å². The topological polar surface area (TPSA) is 29.9 Å². The Morgan fingerprint density at radius 3 is 2.90 bits per heavy atom. The molecular weight excluding hydrogens is 260 g/mol. The summed E-state index contributed by atoms with van der Waals surface area (Å²) in [5.41, 5.74) is 1.28. The maximum absolute atomic E-state index is 13.5. The number of nitrogens with one attached hydrogen (secondary N) is 1. The molecule has 0 amide bonds. The first kappa shape index (κ1) is 14.7. The average molecular weight is 279 g/mol. The molecule has 0 saturated carbocycles. The lowest BCUT2D eigenvalue weighted by atomic mass is 10.2. The van der Waals surface area contributed by atoms with Crippen LogP contribution in [0.4, 0.5) is 8.78 Å². The van der Waals surface area contributed by atoms with E-state index in [9.17, 15) is 8.78 Å². The molecule has 108 valence electrons. The molecule has 0 aliphatic heterocycles. The first-order valence-electron chi connectivity index (χ1n) is 6.84. The minimum Gasteiger partial charge on any atom is -0.333 e. The van der Waals surface area contributed by atoms with Gasteiger partial charge in [-0.05, 0) is 31.2 Å². The standard InChI is InChI=1S/C15H19F2N3/c1-2-6-18-7-5-14-10-20(11-19-14)9-12-8-13(16)3-4-15(12)17/h3-4,8,10-11,18H,2,5-7,9H2,1H3. The van der Waals surface area contributed by atoms with Crippen LogP contribution in [-0.4, -0.2) is 22.6 Å². The van der Waals surface area contributed by atoms with Gasteiger partial charge in [0.2, 0.25) is 0 Å². The van der Waals surface area contributed by atoms with Crippen molar-refractivity contribution in [3.63, 3.8) is 0 Å². The molecule has 0 fully saturated rings. The van der Waals surface area contributed by atoms with Crippen LogP contribution in [0, 0.1) is 11.6 Å². The Morgan fingerprint density at radius 1 is 1.25 bits per heavy atom. The number of rotatable bonds is 7. The minimum absolute atomic E-state index is 0.291. The van der Waals surface area contributed by atoms with Crippen molar-refractivity contribution in [2.75, 3.05) is 13.1 Å². The van der Waals surface area contributed by atoms with Gasteiger partial charge in [-0.25, -0.2) is 13.8 Å². The summed E-state index contributed by atoms with van der Waals surface area (Å²) in [5, 5.41) is 3.30. The number of hydrogen-bond donors (Lipinski definition) is 1. The Balaban J connectivity index is 1.93. The summed E-state index contributed by atoms with van der Waals surface area (Å²) >= 11 is 0. The first-order chi connectivity index (χ1) is 9.69. The summed E-state index contributed by atoms with van der Waals surface area (Å²) in [5.74, 6) is -0.822. The average Bonchev–Trinajstić information content (AvgIpc) is 2.87. The third kappa shape index (κ3) is 4.13. The van der Waals surface area contributed by atoms with Crippen LogP contribution in [0.25, 0.3) is 0 Å². The highest BCUT2D eigenvalue weighted by Crippen LogP contribution is 2.11. The van der Waals surface area contributed by atoms with E-state index in [1.54, 1.807) is 10.9 Å². The zero-order valence-electron chi connectivity index (χ0n) is 11.6. The second kappa shape index (κ2) is 7.14. The molecule has 0 saturated heterocycles. The number of aromatic nitrogens is 2. The van der Waals surface area contributed by atoms with E-state index in [0.717, 1.165) is 43.8 Å². The summed E-state index contributed by atoms with van der Waals surface area (Å²) in [6, 6.07) is 3.49. The van der Waals surface area contributed by atoms with E-state index in [2.05, 4.69) is 17.2 Å². The van der Waals surface area contributed by atoms with Crippen LogP contribution in [0.15, 0.2) is 30.7 Å². The van der Waals surface area contributed by atoms with Crippen molar-refractivity contribution in [1.82, 2.24) is 14.9 Å². The van der Waals surface area contributed by atoms with Crippen LogP contribution in [0.5, 0.6) is 0 Å². The van der Waals surface area contributed by atoms with Crippen molar-refractivity contribution in [3.8, 4) is 0 Å². The monoisotopic (exact) mass is 279 g/mol. The van der Waals surface area contributed by atoms with Gasteiger partial charge in [-0.1, -0.05) is 6.92 Å². The van der Waals surface area contributed by atoms with Gasteiger partial charge in [0.05, 0.1) is 18.6 Å². The van der Waals surface area contributed by atoms with Crippen molar-refractivity contribution < 1.29 is 8.78 Å². The van der Waals surface area contributed by atoms with Crippen LogP contribution in [-0.2, 0) is 13.0 Å². The van der Waals surface area contributed by atoms with Gasteiger partial charge in [0.1, 0.15) is 11.6 Å². The van der Waals surface area contributed by atoms with Gasteiger partial charge in [0.25, 0.3) is 0 Å². The van der Waals surface area contributed by atoms with Crippen molar-refractivity contribution in [2.24, 2.45) is 0 Å². The molecule has 3 nitrogen and oxygen atoms in total. The fraction of sp³-hybridized carbons (Fsp3) is 0.400. The van der Waals surface area contributed by atoms with Crippen LogP contribution in [0.1, 0.15) is 24.6 Å². The molecule has 0 unspecified atom stereocenters. The van der Waals surface area contributed by atoms with Gasteiger partial charge >= 0.3 is 0 Å². The molecule has 0 atom stereocenters. The van der Waals surface area contributed by atoms with Gasteiger partial charge in [0.15, 0.2) is 0 Å². The molecule has 0 radical (unpaired) electrons. The lowest BCUT2D eigenvalue weighted by molar-refractivity contribution is 0.577. The Bertz CT molecular complexity index is 552. The number of hydrogen-bond acceptors (Lipinski definition) is 2. The molecule has 0 spiro atoms. The largest absolute Gasteiger partial charge is 0.333 e. The van der Waals surface area contributed by atoms with Crippen molar-refractivity contribution in [1.29, 1.82) is 0 Å². The molecule has 2 rings (SSSR count). The minimum atomic E-state index is -0.425. The van der Waals surface area contributed by atoms with Crippen molar-refractivity contribution >= 4 is 0 Å². The van der Waals surface area contributed by atoms with Crippen LogP contribution >= 0.6 is 0 Å². The predicted octanol–water partition coefficient (Wildman–Crippen LogP) is 2.75. The molecule has 5 heteroatoms. The van der Waals surface area contributed by atoms with Gasteiger partial charge in [0, 0.05) is 24.7 Å². The lowest BCUT2D eigenvalue weighted by Gasteiger charge is -2.04. The Hall–Kier alpha value is -1.75. The number of halogens is 2. The highest BCUT2D eigenvalue weighted by atomic mass is 19.1. The Morgan fingerprint density at radius 2 is 2.10 bits per heavy atom. The van der Waals surface area contributed by atoms with E-state index in [1.165, 1.54) is 6.07 Å². The molecule has 1 N–H and O–H groups in total. The smallest absolute Gasteiger partial charge is 0.128 e. The molecule has 1 aromatic carbocycles. The highest BCUT2D eigenvalue weighted by Gasteiger charge is 2.06. The number of imidazole rings is 1. The first-order valence-corrected chi connectivity index (χ1v) is 6.84. The summed E-state index contributed by atoms with van der Waals surface area (Å²) in [4.78, 5) is 4.27. The van der Waals surface area contributed by atoms with E-state index < -0.39 is 11.6 Å². The Labute approximate surface area is 117 Å². The number of nitrogens with zero attached hydrogens (tertiary/aromatic N) is 2. The Kier molecular flexibility index (Phi) is 5.24. The van der Waals surface area contributed by atoms with Crippen molar-refractivity contribution in [2.45, 2.75) is 26.3 Å². The molecule has 0 aliphatic rings. The van der Waals surface area contributed by atoms with E-state index >= 15 is 0 Å². The zero-order valence-corrected chi connectivity index (χ0v) is 11.6. The fourth-order valence-corrected chi connectivity index (χ4v) is 2.00. The van der Waals surface area contributed by atoms with E-state index in [4.69, 9.17) is 0 Å². The molecular formula is C15H19F2N3.